The van der Waals surface area contributed by atoms with Gasteiger partial charge in [-0.05, 0) is 54.2 Å². The molecule has 1 unspecified atom stereocenters. The van der Waals surface area contributed by atoms with Crippen LogP contribution in [0.4, 0.5) is 0 Å². The highest BCUT2D eigenvalue weighted by atomic mass is 79.9. The van der Waals surface area contributed by atoms with Crippen molar-refractivity contribution < 1.29 is 14.3 Å². The van der Waals surface area contributed by atoms with Gasteiger partial charge in [0.25, 0.3) is 0 Å². The molecule has 0 amide bonds. The van der Waals surface area contributed by atoms with Gasteiger partial charge >= 0.3 is 5.97 Å². The number of nitrogens with two attached hydrogens (primary N) is 1. The van der Waals surface area contributed by atoms with Gasteiger partial charge < -0.3 is 15.2 Å². The first-order valence-corrected chi connectivity index (χ1v) is 7.85. The van der Waals surface area contributed by atoms with Gasteiger partial charge in [-0.2, -0.15) is 0 Å². The Balaban J connectivity index is 2.89. The van der Waals surface area contributed by atoms with Crippen LogP contribution in [0.2, 0.25) is 0 Å². The number of hydrogen-bond donors (Lipinski definition) is 1. The fraction of sp³-hybridized carbons (Fsp3) is 0.562. The largest absolute Gasteiger partial charge is 0.491 e. The van der Waals surface area contributed by atoms with Gasteiger partial charge in [-0.3, -0.25) is 4.79 Å². The molecule has 0 aromatic heterocycles. The van der Waals surface area contributed by atoms with Gasteiger partial charge in [-0.1, -0.05) is 19.1 Å². The molecule has 0 saturated heterocycles. The number of rotatable bonds is 7. The Bertz CT molecular complexity index is 488. The van der Waals surface area contributed by atoms with Gasteiger partial charge in [0.2, 0.25) is 0 Å². The Labute approximate surface area is 135 Å². The van der Waals surface area contributed by atoms with E-state index in [9.17, 15) is 4.79 Å². The molecule has 0 bridgehead atoms. The van der Waals surface area contributed by atoms with Crippen LogP contribution in [-0.2, 0) is 16.0 Å². The van der Waals surface area contributed by atoms with Crippen LogP contribution in [-0.4, -0.2) is 25.7 Å². The summed E-state index contributed by atoms with van der Waals surface area (Å²) in [5.74, 6) is 0.458. The zero-order chi connectivity index (χ0) is 16.0. The molecular formula is C16H24BrNO3. The number of halogens is 1. The third-order valence-electron chi connectivity index (χ3n) is 3.37. The number of carbonyl (C=O) groups excluding carboxylic acids is 1. The van der Waals surface area contributed by atoms with Crippen molar-refractivity contribution in [3.63, 3.8) is 0 Å². The van der Waals surface area contributed by atoms with E-state index < -0.39 is 5.41 Å². The zero-order valence-corrected chi connectivity index (χ0v) is 14.7. The van der Waals surface area contributed by atoms with Crippen LogP contribution in [0, 0.1) is 5.41 Å². The molecule has 2 N–H and O–H groups in total. The van der Waals surface area contributed by atoms with E-state index in [4.69, 9.17) is 15.2 Å². The van der Waals surface area contributed by atoms with E-state index in [1.165, 1.54) is 7.11 Å². The summed E-state index contributed by atoms with van der Waals surface area (Å²) in [6.07, 6.45) is 1.64. The van der Waals surface area contributed by atoms with Crippen LogP contribution in [0.3, 0.4) is 0 Å². The van der Waals surface area contributed by atoms with E-state index >= 15 is 0 Å². The molecule has 0 aliphatic rings. The summed E-state index contributed by atoms with van der Waals surface area (Å²) in [6.45, 7) is 5.90. The number of benzene rings is 1. The summed E-state index contributed by atoms with van der Waals surface area (Å²) < 4.78 is 11.6. The van der Waals surface area contributed by atoms with Gasteiger partial charge in [0.1, 0.15) is 12.4 Å². The minimum atomic E-state index is -0.700. The van der Waals surface area contributed by atoms with Crippen molar-refractivity contribution in [2.24, 2.45) is 11.1 Å². The topological polar surface area (TPSA) is 61.5 Å². The first-order chi connectivity index (χ1) is 9.81. The quantitative estimate of drug-likeness (QED) is 0.760. The molecule has 1 aromatic rings. The summed E-state index contributed by atoms with van der Waals surface area (Å²) in [7, 11) is 1.38. The Hall–Kier alpha value is -1.07. The molecule has 1 rings (SSSR count). The van der Waals surface area contributed by atoms with E-state index in [2.05, 4.69) is 22.9 Å². The minimum Gasteiger partial charge on any atom is -0.491 e. The maximum absolute atomic E-state index is 11.7. The molecule has 0 fully saturated rings. The molecule has 5 heteroatoms. The van der Waals surface area contributed by atoms with E-state index in [0.717, 1.165) is 28.6 Å². The summed E-state index contributed by atoms with van der Waals surface area (Å²) >= 11 is 3.50. The third kappa shape index (κ3) is 5.00. The molecule has 1 atom stereocenters. The van der Waals surface area contributed by atoms with Crippen molar-refractivity contribution in [3.05, 3.63) is 28.2 Å². The standard InChI is InChI=1S/C16H24BrNO3/c1-5-12(18)9-11-7-6-8-13(17)14(11)21-10-16(2,3)15(19)20-4/h6-8,12H,5,9-10,18H2,1-4H3. The van der Waals surface area contributed by atoms with Crippen molar-refractivity contribution in [2.75, 3.05) is 13.7 Å². The SMILES string of the molecule is CCC(N)Cc1cccc(Br)c1OCC(C)(C)C(=O)OC. The van der Waals surface area contributed by atoms with E-state index in [1.807, 2.05) is 18.2 Å². The summed E-state index contributed by atoms with van der Waals surface area (Å²) in [5.41, 5.74) is 6.37. The van der Waals surface area contributed by atoms with E-state index in [1.54, 1.807) is 13.8 Å². The zero-order valence-electron chi connectivity index (χ0n) is 13.1. The van der Waals surface area contributed by atoms with Crippen molar-refractivity contribution in [1.29, 1.82) is 0 Å². The van der Waals surface area contributed by atoms with Gasteiger partial charge in [0.15, 0.2) is 0 Å². The van der Waals surface area contributed by atoms with Crippen LogP contribution in [0.25, 0.3) is 0 Å². The molecule has 118 valence electrons. The van der Waals surface area contributed by atoms with Gasteiger partial charge in [-0.15, -0.1) is 0 Å². The molecule has 0 aliphatic carbocycles. The number of esters is 1. The lowest BCUT2D eigenvalue weighted by Crippen LogP contribution is -2.32. The highest BCUT2D eigenvalue weighted by Gasteiger charge is 2.30. The maximum atomic E-state index is 11.7. The smallest absolute Gasteiger partial charge is 0.314 e. The molecule has 0 saturated carbocycles. The number of para-hydroxylation sites is 1. The maximum Gasteiger partial charge on any atom is 0.314 e. The highest BCUT2D eigenvalue weighted by molar-refractivity contribution is 9.10. The lowest BCUT2D eigenvalue weighted by atomic mass is 9.95. The van der Waals surface area contributed by atoms with E-state index in [-0.39, 0.29) is 18.6 Å². The first-order valence-electron chi connectivity index (χ1n) is 7.06. The molecular weight excluding hydrogens is 334 g/mol. The summed E-state index contributed by atoms with van der Waals surface area (Å²) in [5, 5.41) is 0. The summed E-state index contributed by atoms with van der Waals surface area (Å²) in [4.78, 5) is 11.7. The monoisotopic (exact) mass is 357 g/mol. The second-order valence-corrected chi connectivity index (χ2v) is 6.62. The average molecular weight is 358 g/mol. The molecule has 4 nitrogen and oxygen atoms in total. The van der Waals surface area contributed by atoms with Crippen LogP contribution < -0.4 is 10.5 Å². The normalized spacial score (nSPS) is 12.9. The van der Waals surface area contributed by atoms with Crippen LogP contribution >= 0.6 is 15.9 Å². The van der Waals surface area contributed by atoms with Crippen LogP contribution in [0.15, 0.2) is 22.7 Å². The lowest BCUT2D eigenvalue weighted by molar-refractivity contribution is -0.152. The number of hydrogen-bond acceptors (Lipinski definition) is 4. The highest BCUT2D eigenvalue weighted by Crippen LogP contribution is 2.32. The first kappa shape index (κ1) is 18.0. The van der Waals surface area contributed by atoms with Crippen molar-refractivity contribution >= 4 is 21.9 Å². The van der Waals surface area contributed by atoms with Gasteiger partial charge in [-0.25, -0.2) is 0 Å². The van der Waals surface area contributed by atoms with Crippen molar-refractivity contribution in [3.8, 4) is 5.75 Å². The fourth-order valence-corrected chi connectivity index (χ4v) is 2.41. The molecule has 0 heterocycles. The van der Waals surface area contributed by atoms with E-state index in [0.29, 0.717) is 0 Å². The predicted molar refractivity (Wildman–Crippen MR) is 87.4 cm³/mol. The summed E-state index contributed by atoms with van der Waals surface area (Å²) in [6, 6.07) is 5.97. The van der Waals surface area contributed by atoms with Crippen LogP contribution in [0.1, 0.15) is 32.8 Å². The Morgan fingerprint density at radius 2 is 2.10 bits per heavy atom. The molecule has 0 spiro atoms. The Morgan fingerprint density at radius 3 is 2.67 bits per heavy atom. The Kier molecular flexibility index (Phi) is 6.68. The number of carbonyl (C=O) groups is 1. The third-order valence-corrected chi connectivity index (χ3v) is 3.99. The predicted octanol–water partition coefficient (Wildman–Crippen LogP) is 3.31. The number of methoxy groups -OCH3 is 1. The Morgan fingerprint density at radius 1 is 1.43 bits per heavy atom. The fourth-order valence-electron chi connectivity index (χ4n) is 1.89. The van der Waals surface area contributed by atoms with Crippen molar-refractivity contribution in [2.45, 2.75) is 39.7 Å². The second kappa shape index (κ2) is 7.80. The van der Waals surface area contributed by atoms with Crippen LogP contribution in [0.5, 0.6) is 5.75 Å². The number of ether oxygens (including phenoxy) is 2. The molecule has 1 aromatic carbocycles. The average Bonchev–Trinajstić information content (AvgIpc) is 2.45. The van der Waals surface area contributed by atoms with Gasteiger partial charge in [0, 0.05) is 6.04 Å². The van der Waals surface area contributed by atoms with Gasteiger partial charge in [0.05, 0.1) is 17.0 Å². The molecule has 0 aliphatic heterocycles. The lowest BCUT2D eigenvalue weighted by Gasteiger charge is -2.23. The molecule has 0 radical (unpaired) electrons. The molecule has 21 heavy (non-hydrogen) atoms. The van der Waals surface area contributed by atoms with Crippen molar-refractivity contribution in [1.82, 2.24) is 0 Å². The second-order valence-electron chi connectivity index (χ2n) is 5.76. The minimum absolute atomic E-state index is 0.0928.